The molecule has 0 radical (unpaired) electrons. The molecular weight excluding hydrogens is 488 g/mol. The third-order valence-electron chi connectivity index (χ3n) is 7.48. The first-order valence-electron chi connectivity index (χ1n) is 11.7. The van der Waals surface area contributed by atoms with Gasteiger partial charge in [-0.15, -0.1) is 5.06 Å². The number of hydroxylamine groups is 3. The van der Waals surface area contributed by atoms with Crippen LogP contribution in [0.3, 0.4) is 0 Å². The van der Waals surface area contributed by atoms with Crippen molar-refractivity contribution in [1.29, 1.82) is 0 Å². The van der Waals surface area contributed by atoms with E-state index in [1.54, 1.807) is 56.9 Å². The minimum Gasteiger partial charge on any atom is -0.714 e. The van der Waals surface area contributed by atoms with Gasteiger partial charge in [-0.25, -0.2) is 5.21 Å². The van der Waals surface area contributed by atoms with Gasteiger partial charge in [0.05, 0.1) is 16.5 Å². The van der Waals surface area contributed by atoms with Gasteiger partial charge in [-0.3, -0.25) is 19.6 Å². The quantitative estimate of drug-likeness (QED) is 0.260. The number of benzene rings is 2. The molecule has 2 aliphatic rings. The lowest BCUT2D eigenvalue weighted by Gasteiger charge is -2.33. The zero-order valence-electron chi connectivity index (χ0n) is 20.6. The van der Waals surface area contributed by atoms with E-state index < -0.39 is 16.0 Å². The molecule has 0 aliphatic carbocycles. The number of carbonyl (C=O) groups is 1. The molecule has 2 aromatic rings. The minimum atomic E-state index is -0.984. The summed E-state index contributed by atoms with van der Waals surface area (Å²) >= 11 is 6.03. The van der Waals surface area contributed by atoms with Gasteiger partial charge in [0.2, 0.25) is 0 Å². The number of nitro groups is 1. The van der Waals surface area contributed by atoms with Crippen molar-refractivity contribution in [2.75, 3.05) is 13.2 Å². The highest BCUT2D eigenvalue weighted by Gasteiger charge is 2.59. The molecule has 10 nitrogen and oxygen atoms in total. The highest BCUT2D eigenvalue weighted by molar-refractivity contribution is 6.30. The van der Waals surface area contributed by atoms with Crippen molar-refractivity contribution in [3.8, 4) is 5.75 Å². The number of hydrogen-bond donors (Lipinski definition) is 1. The van der Waals surface area contributed by atoms with Crippen LogP contribution in [0.5, 0.6) is 5.75 Å². The summed E-state index contributed by atoms with van der Waals surface area (Å²) in [5, 5.41) is 36.9. The van der Waals surface area contributed by atoms with Crippen molar-refractivity contribution in [3.05, 3.63) is 73.9 Å². The molecule has 1 unspecified atom stereocenters. The number of hydrogen-bond acceptors (Lipinski definition) is 7. The number of ether oxygens (including phenoxy) is 1. The summed E-state index contributed by atoms with van der Waals surface area (Å²) in [6.45, 7) is 7.45. The lowest BCUT2D eigenvalue weighted by molar-refractivity contribution is -0.539. The largest absolute Gasteiger partial charge is 0.714 e. The Bertz CT molecular complexity index is 1240. The first kappa shape index (κ1) is 25.7. The number of carbonyl (C=O) groups excluding carboxylic acids is 1. The Morgan fingerprint density at radius 3 is 2.58 bits per heavy atom. The van der Waals surface area contributed by atoms with Gasteiger partial charge < -0.3 is 14.8 Å². The van der Waals surface area contributed by atoms with Gasteiger partial charge in [-0.2, -0.15) is 0 Å². The molecule has 36 heavy (non-hydrogen) atoms. The summed E-state index contributed by atoms with van der Waals surface area (Å²) in [5.41, 5.74) is -1.59. The molecule has 11 heteroatoms. The lowest BCUT2D eigenvalue weighted by Crippen LogP contribution is -2.53. The fourth-order valence-corrected chi connectivity index (χ4v) is 4.72. The Labute approximate surface area is 214 Å². The Balaban J connectivity index is 1.56. The Morgan fingerprint density at radius 2 is 1.97 bits per heavy atom. The third kappa shape index (κ3) is 4.24. The lowest BCUT2D eigenvalue weighted by atomic mass is 9.84. The normalized spacial score (nSPS) is 20.7. The van der Waals surface area contributed by atoms with E-state index in [1.807, 2.05) is 0 Å². The maximum atomic E-state index is 13.0. The molecule has 2 aliphatic heterocycles. The fourth-order valence-electron chi connectivity index (χ4n) is 4.53. The summed E-state index contributed by atoms with van der Waals surface area (Å²) in [7, 11) is 0. The molecule has 1 amide bonds. The molecule has 4 rings (SSSR count). The van der Waals surface area contributed by atoms with E-state index in [0.29, 0.717) is 28.3 Å². The van der Waals surface area contributed by atoms with E-state index in [0.717, 1.165) is 11.5 Å². The number of nitrogens with zero attached hydrogens (tertiary/aromatic N) is 4. The number of rotatable bonds is 6. The van der Waals surface area contributed by atoms with Gasteiger partial charge in [0.15, 0.2) is 11.3 Å². The molecule has 2 aromatic carbocycles. The second-order valence-corrected chi connectivity index (χ2v) is 10.5. The predicted molar refractivity (Wildman–Crippen MR) is 134 cm³/mol. The summed E-state index contributed by atoms with van der Waals surface area (Å²) in [5.74, 6) is -0.228. The molecule has 1 atom stereocenters. The van der Waals surface area contributed by atoms with Gasteiger partial charge in [0, 0.05) is 23.2 Å². The monoisotopic (exact) mass is 516 g/mol. The summed E-state index contributed by atoms with van der Waals surface area (Å²) < 4.78 is 6.51. The highest BCUT2D eigenvalue weighted by Crippen LogP contribution is 2.38. The second-order valence-electron chi connectivity index (χ2n) is 10.1. The van der Waals surface area contributed by atoms with Crippen LogP contribution in [0, 0.1) is 15.3 Å². The van der Waals surface area contributed by atoms with Crippen molar-refractivity contribution in [2.24, 2.45) is 0 Å². The fraction of sp³-hybridized carbons (Fsp3) is 0.440. The Kier molecular flexibility index (Phi) is 6.61. The molecule has 0 saturated carbocycles. The summed E-state index contributed by atoms with van der Waals surface area (Å²) in [4.78, 5) is 26.0. The van der Waals surface area contributed by atoms with Gasteiger partial charge in [-0.05, 0) is 70.9 Å². The van der Waals surface area contributed by atoms with Crippen LogP contribution in [0.4, 0.5) is 5.69 Å². The molecule has 1 fully saturated rings. The SMILES string of the molecule is CC1(C)N(O)C(c2ccc(OCC3CCCN3C(=O)c3cccc(Cl)c3)c([N+](=O)[O-])c2)=[N+]([O-])C1(C)C. The van der Waals surface area contributed by atoms with Crippen LogP contribution < -0.4 is 4.74 Å². The van der Waals surface area contributed by atoms with E-state index in [1.165, 1.54) is 18.2 Å². The van der Waals surface area contributed by atoms with Gasteiger partial charge >= 0.3 is 11.5 Å². The molecule has 1 N–H and O–H groups in total. The molecule has 1 saturated heterocycles. The van der Waals surface area contributed by atoms with E-state index in [4.69, 9.17) is 16.3 Å². The van der Waals surface area contributed by atoms with E-state index in [2.05, 4.69) is 0 Å². The van der Waals surface area contributed by atoms with Crippen molar-refractivity contribution in [1.82, 2.24) is 9.96 Å². The maximum Gasteiger partial charge on any atom is 0.314 e. The number of halogens is 1. The van der Waals surface area contributed by atoms with Crippen LogP contribution in [-0.2, 0) is 0 Å². The van der Waals surface area contributed by atoms with Crippen LogP contribution in [0.2, 0.25) is 5.02 Å². The molecule has 2 heterocycles. The zero-order valence-corrected chi connectivity index (χ0v) is 21.4. The van der Waals surface area contributed by atoms with Crippen LogP contribution in [0.15, 0.2) is 42.5 Å². The van der Waals surface area contributed by atoms with E-state index in [9.17, 15) is 25.3 Å². The van der Waals surface area contributed by atoms with Crippen LogP contribution in [0.25, 0.3) is 0 Å². The van der Waals surface area contributed by atoms with Gasteiger partial charge in [0.25, 0.3) is 5.91 Å². The number of amides is 1. The number of amidine groups is 1. The molecule has 0 bridgehead atoms. The van der Waals surface area contributed by atoms with Crippen LogP contribution in [-0.4, -0.2) is 66.8 Å². The number of likely N-dealkylation sites (tertiary alicyclic amines) is 1. The van der Waals surface area contributed by atoms with Crippen molar-refractivity contribution in [3.63, 3.8) is 0 Å². The minimum absolute atomic E-state index is 0.0184. The van der Waals surface area contributed by atoms with E-state index in [-0.39, 0.29) is 41.4 Å². The van der Waals surface area contributed by atoms with Crippen molar-refractivity contribution < 1.29 is 24.4 Å². The zero-order chi connectivity index (χ0) is 26.4. The standard InChI is InChI=1S/C25H29ClN4O6/c1-24(2)25(3,4)29(33)22(28(24)32)16-10-11-21(20(14-16)30(34)35)36-15-19-9-6-12-27(19)23(31)17-7-5-8-18(26)13-17/h5,7-8,10-11,13-14,19,32H,6,9,12,15H2,1-4H3. The van der Waals surface area contributed by atoms with Crippen LogP contribution in [0.1, 0.15) is 56.5 Å². The predicted octanol–water partition coefficient (Wildman–Crippen LogP) is 4.45. The highest BCUT2D eigenvalue weighted by atomic mass is 35.5. The molecular formula is C25H29ClN4O6. The average molecular weight is 517 g/mol. The summed E-state index contributed by atoms with van der Waals surface area (Å²) in [6.07, 6.45) is 1.49. The first-order valence-corrected chi connectivity index (χ1v) is 12.1. The smallest absolute Gasteiger partial charge is 0.314 e. The van der Waals surface area contributed by atoms with Crippen molar-refractivity contribution in [2.45, 2.75) is 57.7 Å². The Morgan fingerprint density at radius 1 is 1.25 bits per heavy atom. The second kappa shape index (κ2) is 9.25. The third-order valence-corrected chi connectivity index (χ3v) is 7.72. The van der Waals surface area contributed by atoms with E-state index >= 15 is 0 Å². The number of nitro benzene ring substituents is 1. The molecule has 0 aromatic heterocycles. The average Bonchev–Trinajstić information content (AvgIpc) is 3.34. The molecule has 192 valence electrons. The molecule has 0 spiro atoms. The maximum absolute atomic E-state index is 13.0. The van der Waals surface area contributed by atoms with Gasteiger partial charge in [-0.1, -0.05) is 17.7 Å². The first-order chi connectivity index (χ1) is 16.9. The topological polar surface area (TPSA) is 122 Å². The summed E-state index contributed by atoms with van der Waals surface area (Å²) in [6, 6.07) is 10.6. The Hall–Kier alpha value is -3.37. The van der Waals surface area contributed by atoms with Crippen LogP contribution >= 0.6 is 11.6 Å². The van der Waals surface area contributed by atoms with Crippen molar-refractivity contribution >= 4 is 29.0 Å². The van der Waals surface area contributed by atoms with Gasteiger partial charge in [0.1, 0.15) is 12.1 Å².